The van der Waals surface area contributed by atoms with Crippen LogP contribution in [0.15, 0.2) is 63.9 Å². The number of aliphatic hydroxyl groups is 1. The van der Waals surface area contributed by atoms with Crippen molar-refractivity contribution in [2.24, 2.45) is 0 Å². The monoisotopic (exact) mass is 387 g/mol. The molecule has 0 bridgehead atoms. The van der Waals surface area contributed by atoms with E-state index in [2.05, 4.69) is 28.3 Å². The van der Waals surface area contributed by atoms with Gasteiger partial charge in [0.25, 0.3) is 0 Å². The first-order valence-corrected chi connectivity index (χ1v) is 8.80. The van der Waals surface area contributed by atoms with Gasteiger partial charge in [-0.15, -0.1) is 12.4 Å². The van der Waals surface area contributed by atoms with Crippen molar-refractivity contribution in [3.63, 3.8) is 0 Å². The quantitative estimate of drug-likeness (QED) is 0.727. The van der Waals surface area contributed by atoms with E-state index in [0.29, 0.717) is 12.4 Å². The number of aliphatic hydroxyl groups excluding tert-OH is 1. The Morgan fingerprint density at radius 2 is 1.74 bits per heavy atom. The molecule has 0 aliphatic carbocycles. The summed E-state index contributed by atoms with van der Waals surface area (Å²) >= 11 is 0. The minimum Gasteiger partial charge on any atom is -0.390 e. The smallest absolute Gasteiger partial charge is 0.390 e. The van der Waals surface area contributed by atoms with Gasteiger partial charge in [-0.25, -0.2) is 4.79 Å². The van der Waals surface area contributed by atoms with Gasteiger partial charge in [0.05, 0.1) is 12.6 Å². The maximum atomic E-state index is 12.0. The Balaban J connectivity index is 0.00000210. The van der Waals surface area contributed by atoms with E-state index in [9.17, 15) is 9.90 Å². The first-order valence-electron chi connectivity index (χ1n) is 8.80. The maximum absolute atomic E-state index is 12.0. The van der Waals surface area contributed by atoms with Crippen LogP contribution in [-0.4, -0.2) is 38.9 Å². The number of halogens is 1. The van der Waals surface area contributed by atoms with Gasteiger partial charge >= 0.3 is 5.76 Å². The van der Waals surface area contributed by atoms with E-state index < -0.39 is 11.9 Å². The first kappa shape index (κ1) is 19.4. The second-order valence-electron chi connectivity index (χ2n) is 6.66. The highest BCUT2D eigenvalue weighted by Gasteiger charge is 2.21. The van der Waals surface area contributed by atoms with Crippen LogP contribution in [0.5, 0.6) is 0 Å². The molecule has 0 saturated carbocycles. The number of rotatable bonds is 5. The normalized spacial score (nSPS) is 15.0. The topological polar surface area (TPSA) is 71.5 Å². The Morgan fingerprint density at radius 3 is 2.52 bits per heavy atom. The largest absolute Gasteiger partial charge is 0.441 e. The lowest BCUT2D eigenvalue weighted by Crippen LogP contribution is -2.39. The van der Waals surface area contributed by atoms with Crippen molar-refractivity contribution < 1.29 is 9.63 Å². The fourth-order valence-corrected chi connectivity index (χ4v) is 3.50. The second-order valence-corrected chi connectivity index (χ2v) is 6.66. The van der Waals surface area contributed by atoms with Crippen molar-refractivity contribution in [2.75, 3.05) is 13.1 Å². The van der Waals surface area contributed by atoms with E-state index >= 15 is 0 Å². The van der Waals surface area contributed by atoms with Crippen LogP contribution in [0, 0.1) is 0 Å². The summed E-state index contributed by atoms with van der Waals surface area (Å²) in [6.07, 6.45) is 0.297. The molecule has 0 spiro atoms. The molecule has 2 heterocycles. The standard InChI is InChI=1S/C20H21N3O3.ClH/c24-18(13-22-11-10-15-6-4-5-9-17(15)12-22)14-23-19(21-26-20(23)25)16-7-2-1-3-8-16;/h1-9,18,24H,10-14H2;1H. The summed E-state index contributed by atoms with van der Waals surface area (Å²) in [6, 6.07) is 17.8. The van der Waals surface area contributed by atoms with Crippen LogP contribution in [0.25, 0.3) is 11.4 Å². The van der Waals surface area contributed by atoms with Gasteiger partial charge in [0.15, 0.2) is 5.82 Å². The Hall–Kier alpha value is -2.41. The number of aromatic nitrogens is 2. The minimum atomic E-state index is -0.681. The fourth-order valence-electron chi connectivity index (χ4n) is 3.50. The molecule has 2 aromatic carbocycles. The van der Waals surface area contributed by atoms with Crippen molar-refractivity contribution in [3.05, 3.63) is 76.3 Å². The van der Waals surface area contributed by atoms with Gasteiger partial charge in [-0.2, -0.15) is 0 Å². The summed E-state index contributed by atoms with van der Waals surface area (Å²) in [5.74, 6) is -0.106. The van der Waals surface area contributed by atoms with E-state index in [0.717, 1.165) is 25.1 Å². The lowest BCUT2D eigenvalue weighted by atomic mass is 10.00. The molecule has 1 unspecified atom stereocenters. The molecule has 0 fully saturated rings. The maximum Gasteiger partial charge on any atom is 0.441 e. The lowest BCUT2D eigenvalue weighted by Gasteiger charge is -2.30. The average Bonchev–Trinajstić information content (AvgIpc) is 3.03. The second kappa shape index (κ2) is 8.52. The van der Waals surface area contributed by atoms with Crippen LogP contribution in [0.1, 0.15) is 11.1 Å². The zero-order valence-corrected chi connectivity index (χ0v) is 15.6. The van der Waals surface area contributed by atoms with Crippen molar-refractivity contribution >= 4 is 12.4 Å². The molecule has 0 saturated heterocycles. The van der Waals surface area contributed by atoms with Crippen molar-refractivity contribution in [1.29, 1.82) is 0 Å². The summed E-state index contributed by atoms with van der Waals surface area (Å²) in [7, 11) is 0. The molecular formula is C20H22ClN3O3. The van der Waals surface area contributed by atoms with Gasteiger partial charge in [-0.1, -0.05) is 59.8 Å². The highest BCUT2D eigenvalue weighted by Crippen LogP contribution is 2.19. The Morgan fingerprint density at radius 1 is 1.04 bits per heavy atom. The number of fused-ring (bicyclic) bond motifs is 1. The molecule has 1 N–H and O–H groups in total. The molecule has 1 aliphatic heterocycles. The summed E-state index contributed by atoms with van der Waals surface area (Å²) < 4.78 is 6.22. The van der Waals surface area contributed by atoms with Crippen LogP contribution < -0.4 is 5.76 Å². The third-order valence-corrected chi connectivity index (χ3v) is 4.79. The molecule has 0 radical (unpaired) electrons. The van der Waals surface area contributed by atoms with Gasteiger partial charge in [0, 0.05) is 25.2 Å². The van der Waals surface area contributed by atoms with E-state index in [1.807, 2.05) is 36.4 Å². The summed E-state index contributed by atoms with van der Waals surface area (Å²) in [6.45, 7) is 2.38. The molecule has 7 heteroatoms. The van der Waals surface area contributed by atoms with Gasteiger partial charge in [0.2, 0.25) is 0 Å². The van der Waals surface area contributed by atoms with Crippen LogP contribution in [0.4, 0.5) is 0 Å². The molecule has 27 heavy (non-hydrogen) atoms. The van der Waals surface area contributed by atoms with Crippen molar-refractivity contribution in [1.82, 2.24) is 14.6 Å². The zero-order chi connectivity index (χ0) is 17.9. The van der Waals surface area contributed by atoms with E-state index in [4.69, 9.17) is 4.52 Å². The summed E-state index contributed by atoms with van der Waals surface area (Å²) in [4.78, 5) is 14.2. The molecule has 0 amide bonds. The molecule has 142 valence electrons. The molecule has 1 aromatic heterocycles. The molecule has 1 atom stereocenters. The van der Waals surface area contributed by atoms with Crippen LogP contribution in [0.2, 0.25) is 0 Å². The van der Waals surface area contributed by atoms with Crippen LogP contribution in [0.3, 0.4) is 0 Å². The molecule has 6 nitrogen and oxygen atoms in total. The third-order valence-electron chi connectivity index (χ3n) is 4.79. The van der Waals surface area contributed by atoms with Crippen molar-refractivity contribution in [2.45, 2.75) is 25.6 Å². The van der Waals surface area contributed by atoms with E-state index in [-0.39, 0.29) is 19.0 Å². The Bertz CT molecular complexity index is 939. The highest BCUT2D eigenvalue weighted by atomic mass is 35.5. The molecule has 3 aromatic rings. The van der Waals surface area contributed by atoms with Gasteiger partial charge in [-0.3, -0.25) is 14.0 Å². The zero-order valence-electron chi connectivity index (χ0n) is 14.8. The Kier molecular flexibility index (Phi) is 6.11. The number of β-amino-alcohol motifs (C(OH)–C–C–N with tert-alkyl or cyclic N) is 1. The van der Waals surface area contributed by atoms with Crippen LogP contribution >= 0.6 is 12.4 Å². The fraction of sp³-hybridized carbons (Fsp3) is 0.300. The molecular weight excluding hydrogens is 366 g/mol. The van der Waals surface area contributed by atoms with E-state index in [1.165, 1.54) is 15.7 Å². The lowest BCUT2D eigenvalue weighted by molar-refractivity contribution is 0.0904. The minimum absolute atomic E-state index is 0. The predicted molar refractivity (Wildman–Crippen MR) is 105 cm³/mol. The van der Waals surface area contributed by atoms with Gasteiger partial charge < -0.3 is 5.11 Å². The Labute approximate surface area is 163 Å². The number of nitrogens with zero attached hydrogens (tertiary/aromatic N) is 3. The van der Waals surface area contributed by atoms with Crippen molar-refractivity contribution in [3.8, 4) is 11.4 Å². The predicted octanol–water partition coefficient (Wildman–Crippen LogP) is 2.34. The molecule has 1 aliphatic rings. The van der Waals surface area contributed by atoms with Gasteiger partial charge in [0.1, 0.15) is 0 Å². The number of hydrogen-bond donors (Lipinski definition) is 1. The van der Waals surface area contributed by atoms with Crippen LogP contribution in [-0.2, 0) is 19.5 Å². The SMILES string of the molecule is Cl.O=c1onc(-c2ccccc2)n1CC(O)CN1CCc2ccccc2C1. The summed E-state index contributed by atoms with van der Waals surface area (Å²) in [5, 5.41) is 14.4. The molecule has 4 rings (SSSR count). The number of benzene rings is 2. The summed E-state index contributed by atoms with van der Waals surface area (Å²) in [5.41, 5.74) is 3.47. The average molecular weight is 388 g/mol. The number of hydrogen-bond acceptors (Lipinski definition) is 5. The van der Waals surface area contributed by atoms with Gasteiger partial charge in [-0.05, 0) is 17.5 Å². The first-order chi connectivity index (χ1) is 12.7. The third kappa shape index (κ3) is 4.30. The highest BCUT2D eigenvalue weighted by molar-refractivity contribution is 5.85. The van der Waals surface area contributed by atoms with E-state index in [1.54, 1.807) is 0 Å².